The second-order valence-corrected chi connectivity index (χ2v) is 7.54. The number of nitrogens with one attached hydrogen (secondary N) is 2. The quantitative estimate of drug-likeness (QED) is 0.512. The highest BCUT2D eigenvalue weighted by atomic mass is 16.5. The molecule has 1 heterocycles. The largest absolute Gasteiger partial charge is 0.494 e. The van der Waals surface area contributed by atoms with E-state index in [1.165, 1.54) is 0 Å². The third kappa shape index (κ3) is 4.63. The van der Waals surface area contributed by atoms with Crippen LogP contribution in [0.5, 0.6) is 11.5 Å². The van der Waals surface area contributed by atoms with Crippen molar-refractivity contribution in [2.75, 3.05) is 26.3 Å². The number of rotatable bonds is 8. The number of carbonyl (C=O) groups is 3. The maximum atomic E-state index is 12.9. The topological polar surface area (TPSA) is 97.0 Å². The van der Waals surface area contributed by atoms with Crippen molar-refractivity contribution in [1.82, 2.24) is 15.5 Å². The monoisotopic (exact) mass is 403 g/mol. The van der Waals surface area contributed by atoms with E-state index in [1.807, 2.05) is 26.0 Å². The van der Waals surface area contributed by atoms with Gasteiger partial charge < -0.3 is 20.1 Å². The lowest BCUT2D eigenvalue weighted by molar-refractivity contribution is -0.137. The number of ether oxygens (including phenoxy) is 2. The van der Waals surface area contributed by atoms with Crippen LogP contribution in [0.15, 0.2) is 24.3 Å². The standard InChI is InChI=1S/C21H29N3O5/c1-3-28-16-7-9-17(10-8-16)29-13-12-22-18(25)14-24-19(26)21(23-20(24)27)11-5-4-6-15(21)2/h7-10,15H,3-6,11-14H2,1-2H3,(H,22,25)(H,23,27)/t15-,21+/m1/s1. The van der Waals surface area contributed by atoms with E-state index < -0.39 is 11.6 Å². The Kier molecular flexibility index (Phi) is 6.61. The fraction of sp³-hybridized carbons (Fsp3) is 0.571. The van der Waals surface area contributed by atoms with Crippen LogP contribution in [0.1, 0.15) is 39.5 Å². The van der Waals surface area contributed by atoms with Crippen molar-refractivity contribution in [3.63, 3.8) is 0 Å². The lowest BCUT2D eigenvalue weighted by Crippen LogP contribution is -2.54. The SMILES string of the molecule is CCOc1ccc(OCCNC(=O)CN2C(=O)N[C@]3(CCCC[C@H]3C)C2=O)cc1. The summed E-state index contributed by atoms with van der Waals surface area (Å²) in [4.78, 5) is 38.4. The van der Waals surface area contributed by atoms with Gasteiger partial charge in [0.1, 0.15) is 30.2 Å². The van der Waals surface area contributed by atoms with Crippen LogP contribution in [0.2, 0.25) is 0 Å². The molecule has 2 atom stereocenters. The van der Waals surface area contributed by atoms with Gasteiger partial charge in [-0.15, -0.1) is 0 Å². The highest BCUT2D eigenvalue weighted by Gasteiger charge is 2.55. The Labute approximate surface area is 170 Å². The molecule has 4 amide bonds. The predicted molar refractivity (Wildman–Crippen MR) is 107 cm³/mol. The van der Waals surface area contributed by atoms with Gasteiger partial charge in [0.2, 0.25) is 5.91 Å². The maximum absolute atomic E-state index is 12.9. The summed E-state index contributed by atoms with van der Waals surface area (Å²) < 4.78 is 10.9. The van der Waals surface area contributed by atoms with E-state index in [1.54, 1.807) is 12.1 Å². The van der Waals surface area contributed by atoms with Gasteiger partial charge in [-0.1, -0.05) is 19.8 Å². The molecule has 1 saturated carbocycles. The second kappa shape index (κ2) is 9.15. The number of amides is 4. The fourth-order valence-corrected chi connectivity index (χ4v) is 4.00. The summed E-state index contributed by atoms with van der Waals surface area (Å²) in [7, 11) is 0. The molecule has 1 aromatic rings. The molecule has 8 heteroatoms. The summed E-state index contributed by atoms with van der Waals surface area (Å²) in [5, 5.41) is 5.54. The summed E-state index contributed by atoms with van der Waals surface area (Å²) in [6, 6.07) is 6.74. The Balaban J connectivity index is 1.43. The molecule has 0 aromatic heterocycles. The molecule has 1 aromatic carbocycles. The van der Waals surface area contributed by atoms with Gasteiger partial charge in [-0.25, -0.2) is 4.79 Å². The Bertz CT molecular complexity index is 751. The van der Waals surface area contributed by atoms with E-state index in [9.17, 15) is 14.4 Å². The molecule has 1 aliphatic carbocycles. The van der Waals surface area contributed by atoms with Crippen molar-refractivity contribution in [2.45, 2.75) is 45.1 Å². The molecule has 3 rings (SSSR count). The zero-order valence-corrected chi connectivity index (χ0v) is 17.0. The number of hydrogen-bond donors (Lipinski definition) is 2. The summed E-state index contributed by atoms with van der Waals surface area (Å²) >= 11 is 0. The van der Waals surface area contributed by atoms with Crippen LogP contribution in [0.3, 0.4) is 0 Å². The smallest absolute Gasteiger partial charge is 0.325 e. The molecule has 1 saturated heterocycles. The highest BCUT2D eigenvalue weighted by molar-refractivity contribution is 6.09. The van der Waals surface area contributed by atoms with E-state index >= 15 is 0 Å². The first kappa shape index (κ1) is 21.0. The average Bonchev–Trinajstić information content (AvgIpc) is 2.94. The number of carbonyl (C=O) groups excluding carboxylic acids is 3. The maximum Gasteiger partial charge on any atom is 0.325 e. The lowest BCUT2D eigenvalue weighted by atomic mass is 9.73. The number of imide groups is 1. The van der Waals surface area contributed by atoms with Crippen LogP contribution in [0.25, 0.3) is 0 Å². The first-order valence-electron chi connectivity index (χ1n) is 10.2. The van der Waals surface area contributed by atoms with Crippen molar-refractivity contribution >= 4 is 17.8 Å². The minimum absolute atomic E-state index is 0.0725. The summed E-state index contributed by atoms with van der Waals surface area (Å²) in [5.74, 6) is 0.847. The van der Waals surface area contributed by atoms with Crippen molar-refractivity contribution in [3.05, 3.63) is 24.3 Å². The van der Waals surface area contributed by atoms with Gasteiger partial charge in [0.05, 0.1) is 13.2 Å². The van der Waals surface area contributed by atoms with Gasteiger partial charge in [-0.3, -0.25) is 14.5 Å². The van der Waals surface area contributed by atoms with Crippen LogP contribution in [-0.4, -0.2) is 54.6 Å². The third-order valence-corrected chi connectivity index (χ3v) is 5.63. The number of benzene rings is 1. The number of nitrogens with zero attached hydrogens (tertiary/aromatic N) is 1. The van der Waals surface area contributed by atoms with Gasteiger partial charge in [-0.2, -0.15) is 0 Å². The zero-order chi connectivity index (χ0) is 20.9. The molecule has 0 bridgehead atoms. The molecule has 158 valence electrons. The Hall–Kier alpha value is -2.77. The molecule has 2 N–H and O–H groups in total. The molecule has 8 nitrogen and oxygen atoms in total. The van der Waals surface area contributed by atoms with Gasteiger partial charge >= 0.3 is 6.03 Å². The Morgan fingerprint density at radius 3 is 2.55 bits per heavy atom. The van der Waals surface area contributed by atoms with Gasteiger partial charge in [0, 0.05) is 0 Å². The number of urea groups is 1. The van der Waals surface area contributed by atoms with Crippen molar-refractivity contribution in [1.29, 1.82) is 0 Å². The fourth-order valence-electron chi connectivity index (χ4n) is 4.00. The van der Waals surface area contributed by atoms with Crippen molar-refractivity contribution in [3.8, 4) is 11.5 Å². The van der Waals surface area contributed by atoms with Crippen molar-refractivity contribution in [2.24, 2.45) is 5.92 Å². The molecule has 0 unspecified atom stereocenters. The molecule has 2 aliphatic rings. The minimum atomic E-state index is -0.841. The third-order valence-electron chi connectivity index (χ3n) is 5.63. The molecule has 29 heavy (non-hydrogen) atoms. The predicted octanol–water partition coefficient (Wildman–Crippen LogP) is 2.08. The van der Waals surface area contributed by atoms with E-state index in [0.29, 0.717) is 18.8 Å². The number of hydrogen-bond acceptors (Lipinski definition) is 5. The molecule has 1 spiro atoms. The average molecular weight is 403 g/mol. The van der Waals surface area contributed by atoms with E-state index in [2.05, 4.69) is 10.6 Å². The van der Waals surface area contributed by atoms with Crippen LogP contribution in [0, 0.1) is 5.92 Å². The zero-order valence-electron chi connectivity index (χ0n) is 17.0. The van der Waals surface area contributed by atoms with Gasteiger partial charge in [-0.05, 0) is 49.9 Å². The van der Waals surface area contributed by atoms with Gasteiger partial charge in [0.15, 0.2) is 0 Å². The molecular weight excluding hydrogens is 374 g/mol. The summed E-state index contributed by atoms with van der Waals surface area (Å²) in [5.41, 5.74) is -0.841. The highest BCUT2D eigenvalue weighted by Crippen LogP contribution is 2.38. The first-order valence-corrected chi connectivity index (χ1v) is 10.2. The van der Waals surface area contributed by atoms with E-state index in [4.69, 9.17) is 9.47 Å². The summed E-state index contributed by atoms with van der Waals surface area (Å²) in [6.07, 6.45) is 3.49. The normalized spacial score (nSPS) is 23.8. The molecule has 0 radical (unpaired) electrons. The summed E-state index contributed by atoms with van der Waals surface area (Å²) in [6.45, 7) is 4.78. The lowest BCUT2D eigenvalue weighted by Gasteiger charge is -2.36. The van der Waals surface area contributed by atoms with Crippen LogP contribution < -0.4 is 20.1 Å². The van der Waals surface area contributed by atoms with Gasteiger partial charge in [0.25, 0.3) is 5.91 Å². The Morgan fingerprint density at radius 1 is 1.21 bits per heavy atom. The van der Waals surface area contributed by atoms with Crippen LogP contribution in [0.4, 0.5) is 4.79 Å². The molecule has 1 aliphatic heterocycles. The molecule has 2 fully saturated rings. The van der Waals surface area contributed by atoms with E-state index in [-0.39, 0.29) is 37.4 Å². The first-order chi connectivity index (χ1) is 14.0. The molecular formula is C21H29N3O5. The van der Waals surface area contributed by atoms with E-state index in [0.717, 1.165) is 29.9 Å². The van der Waals surface area contributed by atoms with Crippen LogP contribution in [-0.2, 0) is 9.59 Å². The Morgan fingerprint density at radius 2 is 1.90 bits per heavy atom. The van der Waals surface area contributed by atoms with Crippen LogP contribution >= 0.6 is 0 Å². The second-order valence-electron chi connectivity index (χ2n) is 7.54. The minimum Gasteiger partial charge on any atom is -0.494 e. The van der Waals surface area contributed by atoms with Crippen molar-refractivity contribution < 1.29 is 23.9 Å².